The van der Waals surface area contributed by atoms with Crippen molar-refractivity contribution in [3.63, 3.8) is 0 Å². The largest absolute Gasteiger partial charge is 0.437 e. The van der Waals surface area contributed by atoms with Crippen LogP contribution in [0.1, 0.15) is 7.79 Å². The lowest BCUT2D eigenvalue weighted by molar-refractivity contribution is 0.315. The van der Waals surface area contributed by atoms with E-state index in [9.17, 15) is 0 Å². The topological polar surface area (TPSA) is 46.4 Å². The number of hydrogen-bond acceptors (Lipinski definition) is 5. The van der Waals surface area contributed by atoms with Crippen molar-refractivity contribution in [1.82, 2.24) is 19.4 Å². The monoisotopic (exact) mass is 339 g/mol. The van der Waals surface area contributed by atoms with Crippen LogP contribution in [-0.2, 0) is 7.05 Å². The molecular formula is C19H23N5O. The third-order valence-electron chi connectivity index (χ3n) is 4.63. The van der Waals surface area contributed by atoms with E-state index in [-0.39, 0.29) is 12.6 Å². The first-order valence-corrected chi connectivity index (χ1v) is 8.45. The Hall–Kier alpha value is -2.60. The Bertz CT molecular complexity index is 925. The van der Waals surface area contributed by atoms with Crippen LogP contribution in [0.2, 0.25) is 0 Å². The van der Waals surface area contributed by atoms with Gasteiger partial charge in [0.2, 0.25) is 11.8 Å². The zero-order chi connectivity index (χ0) is 18.3. The van der Waals surface area contributed by atoms with E-state index in [2.05, 4.69) is 27.0 Å². The quantitative estimate of drug-likeness (QED) is 0.731. The first-order chi connectivity index (χ1) is 12.5. The number of fused-ring (bicyclic) bond motifs is 1. The third kappa shape index (κ3) is 3.05. The van der Waals surface area contributed by atoms with Crippen molar-refractivity contribution in [1.29, 1.82) is 0 Å². The highest BCUT2D eigenvalue weighted by Gasteiger charge is 2.25. The maximum atomic E-state index is 8.48. The van der Waals surface area contributed by atoms with Crippen LogP contribution in [0.5, 0.6) is 11.6 Å². The molecule has 2 atom stereocenters. The van der Waals surface area contributed by atoms with Crippen LogP contribution in [0, 0.1) is 0 Å². The van der Waals surface area contributed by atoms with Gasteiger partial charge in [-0.2, -0.15) is 4.98 Å². The van der Waals surface area contributed by atoms with Crippen LogP contribution in [0.4, 0.5) is 5.95 Å². The van der Waals surface area contributed by atoms with Gasteiger partial charge in [-0.25, -0.2) is 4.98 Å². The van der Waals surface area contributed by atoms with Gasteiger partial charge >= 0.3 is 0 Å². The molecule has 6 heteroatoms. The van der Waals surface area contributed by atoms with Crippen molar-refractivity contribution in [2.24, 2.45) is 7.05 Å². The number of para-hydroxylation sites is 1. The van der Waals surface area contributed by atoms with Crippen molar-refractivity contribution >= 4 is 16.9 Å². The van der Waals surface area contributed by atoms with E-state index in [1.165, 1.54) is 0 Å². The van der Waals surface area contributed by atoms with E-state index in [0.717, 1.165) is 29.6 Å². The molecule has 0 radical (unpaired) electrons. The molecule has 1 fully saturated rings. The minimum atomic E-state index is -0.378. The average molecular weight is 339 g/mol. The molecule has 3 aromatic rings. The molecule has 1 saturated heterocycles. The summed E-state index contributed by atoms with van der Waals surface area (Å²) in [5, 5.41) is 1.12. The van der Waals surface area contributed by atoms with E-state index in [0.29, 0.717) is 11.8 Å². The molecule has 0 saturated carbocycles. The Morgan fingerprint density at radius 3 is 2.96 bits per heavy atom. The number of nitrogens with zero attached hydrogens (tertiary/aromatic N) is 5. The number of rotatable bonds is 4. The molecule has 0 N–H and O–H groups in total. The zero-order valence-electron chi connectivity index (χ0n) is 15.8. The van der Waals surface area contributed by atoms with Gasteiger partial charge in [0.25, 0.3) is 0 Å². The summed E-state index contributed by atoms with van der Waals surface area (Å²) >= 11 is 0. The summed E-state index contributed by atoms with van der Waals surface area (Å²) in [5.74, 6) is 1.80. The van der Waals surface area contributed by atoms with Gasteiger partial charge in [-0.1, -0.05) is 12.1 Å². The van der Waals surface area contributed by atoms with Crippen molar-refractivity contribution in [3.8, 4) is 11.6 Å². The fraction of sp³-hybridized carbons (Fsp3) is 0.368. The molecular weight excluding hydrogens is 314 g/mol. The fourth-order valence-electron chi connectivity index (χ4n) is 3.23. The molecule has 1 aromatic carbocycles. The van der Waals surface area contributed by atoms with E-state index < -0.39 is 0 Å². The van der Waals surface area contributed by atoms with Gasteiger partial charge in [-0.15, -0.1) is 0 Å². The minimum absolute atomic E-state index is 0.181. The lowest BCUT2D eigenvalue weighted by atomic mass is 10.2. The summed E-state index contributed by atoms with van der Waals surface area (Å²) in [6, 6.07) is 9.97. The summed E-state index contributed by atoms with van der Waals surface area (Å²) in [6.07, 6.45) is 4.63. The highest BCUT2D eigenvalue weighted by molar-refractivity contribution is 5.86. The van der Waals surface area contributed by atoms with Crippen molar-refractivity contribution in [2.75, 3.05) is 32.1 Å². The van der Waals surface area contributed by atoms with Crippen molar-refractivity contribution in [3.05, 3.63) is 42.7 Å². The smallest absolute Gasteiger partial charge is 0.228 e. The summed E-state index contributed by atoms with van der Waals surface area (Å²) < 4.78 is 16.6. The zero-order valence-corrected chi connectivity index (χ0v) is 14.8. The van der Waals surface area contributed by atoms with Crippen LogP contribution in [0.25, 0.3) is 10.9 Å². The predicted octanol–water partition coefficient (Wildman–Crippen LogP) is 2.90. The van der Waals surface area contributed by atoms with Crippen LogP contribution in [-0.4, -0.2) is 52.6 Å². The van der Waals surface area contributed by atoms with Crippen molar-refractivity contribution in [2.45, 2.75) is 12.5 Å². The second kappa shape index (κ2) is 6.37. The lowest BCUT2D eigenvalue weighted by Crippen LogP contribution is -2.32. The van der Waals surface area contributed by atoms with E-state index >= 15 is 0 Å². The normalized spacial score (nSPS) is 21.1. The molecule has 130 valence electrons. The van der Waals surface area contributed by atoms with Crippen LogP contribution >= 0.6 is 0 Å². The highest BCUT2D eigenvalue weighted by Crippen LogP contribution is 2.30. The SMILES string of the molecule is [3H]C1C(N(C)C)CCN1c1nccc(Oc2cccc3ccn(C)c23)n1. The predicted molar refractivity (Wildman–Crippen MR) is 99.3 cm³/mol. The Labute approximate surface area is 149 Å². The molecule has 1 aliphatic rings. The molecule has 0 spiro atoms. The molecule has 1 aliphatic heterocycles. The molecule has 2 unspecified atom stereocenters. The number of hydrogen-bond donors (Lipinski definition) is 0. The Morgan fingerprint density at radius 1 is 1.28 bits per heavy atom. The summed E-state index contributed by atoms with van der Waals surface area (Å²) in [6.45, 7) is 0.393. The number of benzene rings is 1. The lowest BCUT2D eigenvalue weighted by Gasteiger charge is -2.20. The fourth-order valence-corrected chi connectivity index (χ4v) is 3.23. The van der Waals surface area contributed by atoms with Crippen LogP contribution in [0.15, 0.2) is 42.7 Å². The number of aryl methyl sites for hydroxylation is 1. The van der Waals surface area contributed by atoms with Crippen LogP contribution < -0.4 is 9.64 Å². The Balaban J connectivity index is 1.61. The minimum Gasteiger partial charge on any atom is -0.437 e. The summed E-state index contributed by atoms with van der Waals surface area (Å²) in [5.41, 5.74) is 1.03. The first kappa shape index (κ1) is 14.7. The summed E-state index contributed by atoms with van der Waals surface area (Å²) in [7, 11) is 6.02. The molecule has 3 heterocycles. The van der Waals surface area contributed by atoms with E-state index in [1.807, 2.05) is 48.9 Å². The molecule has 6 nitrogen and oxygen atoms in total. The molecule has 2 aromatic heterocycles. The Morgan fingerprint density at radius 2 is 2.16 bits per heavy atom. The maximum Gasteiger partial charge on any atom is 0.228 e. The molecule has 0 amide bonds. The molecule has 0 aliphatic carbocycles. The van der Waals surface area contributed by atoms with Gasteiger partial charge in [-0.3, -0.25) is 0 Å². The molecule has 25 heavy (non-hydrogen) atoms. The van der Waals surface area contributed by atoms with E-state index in [4.69, 9.17) is 6.11 Å². The van der Waals surface area contributed by atoms with Gasteiger partial charge in [-0.05, 0) is 32.6 Å². The van der Waals surface area contributed by atoms with Crippen LogP contribution in [0.3, 0.4) is 0 Å². The Kier molecular flexibility index (Phi) is 3.75. The van der Waals surface area contributed by atoms with Gasteiger partial charge < -0.3 is 19.1 Å². The average Bonchev–Trinajstić information content (AvgIpc) is 3.19. The maximum absolute atomic E-state index is 8.48. The number of likely N-dealkylation sites (N-methyl/N-ethyl adjacent to an activating group) is 1. The van der Waals surface area contributed by atoms with Gasteiger partial charge in [0.1, 0.15) is 0 Å². The van der Waals surface area contributed by atoms with Gasteiger partial charge in [0.15, 0.2) is 5.75 Å². The number of ether oxygens (including phenoxy) is 1. The highest BCUT2D eigenvalue weighted by atomic mass is 16.5. The second-order valence-electron chi connectivity index (χ2n) is 6.58. The summed E-state index contributed by atoms with van der Waals surface area (Å²) in [4.78, 5) is 13.0. The standard InChI is InChI=1S/C19H23N5O/c1-22(2)15-9-12-24(13-15)19-20-10-7-17(21-19)25-16-6-4-5-14-8-11-23(3)18(14)16/h4-8,10-11,15H,9,12-13H2,1-3H3/i13T. The van der Waals surface area contributed by atoms with Gasteiger partial charge in [0, 0.05) is 50.0 Å². The third-order valence-corrected chi connectivity index (χ3v) is 4.63. The van der Waals surface area contributed by atoms with E-state index in [1.54, 1.807) is 12.3 Å². The first-order valence-electron chi connectivity index (χ1n) is 9.02. The van der Waals surface area contributed by atoms with Crippen molar-refractivity contribution < 1.29 is 6.11 Å². The molecule has 0 bridgehead atoms. The number of anilines is 1. The molecule has 4 rings (SSSR count). The number of aromatic nitrogens is 3. The second-order valence-corrected chi connectivity index (χ2v) is 6.58. The van der Waals surface area contributed by atoms with Gasteiger partial charge in [0.05, 0.1) is 6.89 Å².